The smallest absolute Gasteiger partial charge is 0.253 e. The molecular formula is C23H22N2O2S. The summed E-state index contributed by atoms with van der Waals surface area (Å²) in [5.41, 5.74) is 2.07. The Bertz CT molecular complexity index is 943. The third-order valence-corrected chi connectivity index (χ3v) is 5.39. The standard InChI is InChI=1S/C23H22N2O2S/c1-25(2)23(27)18-12-9-13-19(16-18)24-22(26)21(17-10-5-3-6-11-17)28-20-14-7-4-8-15-20/h3-16,21H,1-2H3,(H,24,26). The van der Waals surface area contributed by atoms with Gasteiger partial charge in [-0.2, -0.15) is 0 Å². The maximum atomic E-state index is 13.1. The van der Waals surface area contributed by atoms with E-state index in [9.17, 15) is 9.59 Å². The molecule has 3 rings (SSSR count). The topological polar surface area (TPSA) is 49.4 Å². The van der Waals surface area contributed by atoms with Crippen LogP contribution in [-0.2, 0) is 4.79 Å². The predicted molar refractivity (Wildman–Crippen MR) is 115 cm³/mol. The highest BCUT2D eigenvalue weighted by Gasteiger charge is 2.22. The van der Waals surface area contributed by atoms with Gasteiger partial charge in [-0.15, -0.1) is 11.8 Å². The molecule has 1 atom stereocenters. The van der Waals surface area contributed by atoms with Gasteiger partial charge in [0.25, 0.3) is 5.91 Å². The number of carbonyl (C=O) groups excluding carboxylic acids is 2. The summed E-state index contributed by atoms with van der Waals surface area (Å²) in [5.74, 6) is -0.233. The highest BCUT2D eigenvalue weighted by Crippen LogP contribution is 2.36. The number of hydrogen-bond acceptors (Lipinski definition) is 3. The van der Waals surface area contributed by atoms with E-state index in [-0.39, 0.29) is 11.8 Å². The van der Waals surface area contributed by atoms with Crippen LogP contribution in [0.25, 0.3) is 0 Å². The van der Waals surface area contributed by atoms with Crippen LogP contribution in [0.4, 0.5) is 5.69 Å². The van der Waals surface area contributed by atoms with E-state index in [1.54, 1.807) is 38.4 Å². The van der Waals surface area contributed by atoms with Gasteiger partial charge >= 0.3 is 0 Å². The molecule has 0 bridgehead atoms. The first kappa shape index (κ1) is 19.7. The summed E-state index contributed by atoms with van der Waals surface area (Å²) in [6, 6.07) is 26.5. The van der Waals surface area contributed by atoms with Crippen molar-refractivity contribution in [2.75, 3.05) is 19.4 Å². The molecule has 0 spiro atoms. The molecule has 0 radical (unpaired) electrons. The highest BCUT2D eigenvalue weighted by atomic mass is 32.2. The Morgan fingerprint density at radius 1 is 0.857 bits per heavy atom. The molecule has 0 saturated carbocycles. The number of nitrogens with one attached hydrogen (secondary N) is 1. The van der Waals surface area contributed by atoms with Crippen molar-refractivity contribution in [3.8, 4) is 0 Å². The zero-order valence-corrected chi connectivity index (χ0v) is 16.6. The monoisotopic (exact) mass is 390 g/mol. The fourth-order valence-corrected chi connectivity index (χ4v) is 3.78. The Hall–Kier alpha value is -3.05. The van der Waals surface area contributed by atoms with E-state index in [1.165, 1.54) is 16.7 Å². The van der Waals surface area contributed by atoms with Crippen LogP contribution in [-0.4, -0.2) is 30.8 Å². The number of amides is 2. The van der Waals surface area contributed by atoms with E-state index in [2.05, 4.69) is 5.32 Å². The maximum absolute atomic E-state index is 13.1. The van der Waals surface area contributed by atoms with Crippen LogP contribution in [0.1, 0.15) is 21.2 Å². The molecule has 0 fully saturated rings. The van der Waals surface area contributed by atoms with Crippen molar-refractivity contribution in [2.45, 2.75) is 10.1 Å². The second-order valence-corrected chi connectivity index (χ2v) is 7.67. The number of thioether (sulfide) groups is 1. The van der Waals surface area contributed by atoms with Crippen LogP contribution >= 0.6 is 11.8 Å². The number of rotatable bonds is 6. The van der Waals surface area contributed by atoms with Gasteiger partial charge in [0.1, 0.15) is 5.25 Å². The lowest BCUT2D eigenvalue weighted by Crippen LogP contribution is -2.22. The van der Waals surface area contributed by atoms with Gasteiger partial charge in [-0.25, -0.2) is 0 Å². The summed E-state index contributed by atoms with van der Waals surface area (Å²) in [6.45, 7) is 0. The summed E-state index contributed by atoms with van der Waals surface area (Å²) >= 11 is 1.50. The molecule has 0 aliphatic carbocycles. The largest absolute Gasteiger partial charge is 0.345 e. The number of hydrogen-bond donors (Lipinski definition) is 1. The molecule has 0 aromatic heterocycles. The summed E-state index contributed by atoms with van der Waals surface area (Å²) in [4.78, 5) is 27.8. The molecular weight excluding hydrogens is 368 g/mol. The van der Waals surface area contributed by atoms with Crippen molar-refractivity contribution >= 4 is 29.3 Å². The van der Waals surface area contributed by atoms with E-state index < -0.39 is 5.25 Å². The summed E-state index contributed by atoms with van der Waals surface area (Å²) in [5, 5.41) is 2.56. The maximum Gasteiger partial charge on any atom is 0.253 e. The van der Waals surface area contributed by atoms with Gasteiger partial charge in [0.15, 0.2) is 0 Å². The first-order chi connectivity index (χ1) is 13.5. The molecule has 28 heavy (non-hydrogen) atoms. The zero-order valence-electron chi connectivity index (χ0n) is 15.8. The lowest BCUT2D eigenvalue weighted by atomic mass is 10.1. The third kappa shape index (κ3) is 5.02. The molecule has 3 aromatic rings. The summed E-state index contributed by atoms with van der Waals surface area (Å²) in [7, 11) is 3.41. The minimum absolute atomic E-state index is 0.102. The molecule has 1 unspecified atom stereocenters. The van der Waals surface area contributed by atoms with Crippen molar-refractivity contribution in [2.24, 2.45) is 0 Å². The molecule has 2 amide bonds. The van der Waals surface area contributed by atoms with Gasteiger partial charge in [0.05, 0.1) is 0 Å². The Morgan fingerprint density at radius 3 is 2.14 bits per heavy atom. The molecule has 0 heterocycles. The second kappa shape index (κ2) is 9.24. The Balaban J connectivity index is 1.84. The molecule has 0 saturated heterocycles. The lowest BCUT2D eigenvalue weighted by Gasteiger charge is -2.18. The van der Waals surface area contributed by atoms with E-state index in [4.69, 9.17) is 0 Å². The minimum atomic E-state index is -0.406. The first-order valence-corrected chi connectivity index (χ1v) is 9.82. The Morgan fingerprint density at radius 2 is 1.50 bits per heavy atom. The average Bonchev–Trinajstić information content (AvgIpc) is 2.73. The lowest BCUT2D eigenvalue weighted by molar-refractivity contribution is -0.115. The van der Waals surface area contributed by atoms with Gasteiger partial charge in [-0.3, -0.25) is 9.59 Å². The quantitative estimate of drug-likeness (QED) is 0.612. The Labute approximate surface area is 169 Å². The van der Waals surface area contributed by atoms with Gasteiger partial charge < -0.3 is 10.2 Å². The first-order valence-electron chi connectivity index (χ1n) is 8.94. The Kier molecular flexibility index (Phi) is 6.50. The van der Waals surface area contributed by atoms with Gasteiger partial charge in [0.2, 0.25) is 5.91 Å². The SMILES string of the molecule is CN(C)C(=O)c1cccc(NC(=O)C(Sc2ccccc2)c2ccccc2)c1. The number of anilines is 1. The summed E-state index contributed by atoms with van der Waals surface area (Å²) in [6.07, 6.45) is 0. The van der Waals surface area contributed by atoms with Crippen LogP contribution in [0.15, 0.2) is 89.8 Å². The molecule has 5 heteroatoms. The van der Waals surface area contributed by atoms with E-state index in [1.807, 2.05) is 60.7 Å². The second-order valence-electron chi connectivity index (χ2n) is 6.49. The molecule has 0 aliphatic rings. The molecule has 142 valence electrons. The van der Waals surface area contributed by atoms with Crippen LogP contribution in [0.5, 0.6) is 0 Å². The molecule has 1 N–H and O–H groups in total. The molecule has 3 aromatic carbocycles. The van der Waals surface area contributed by atoms with E-state index >= 15 is 0 Å². The van der Waals surface area contributed by atoms with Crippen molar-refractivity contribution in [3.63, 3.8) is 0 Å². The predicted octanol–water partition coefficient (Wildman–Crippen LogP) is 4.86. The van der Waals surface area contributed by atoms with Crippen molar-refractivity contribution < 1.29 is 9.59 Å². The van der Waals surface area contributed by atoms with Crippen molar-refractivity contribution in [1.82, 2.24) is 4.90 Å². The third-order valence-electron chi connectivity index (χ3n) is 4.12. The fourth-order valence-electron chi connectivity index (χ4n) is 2.73. The fraction of sp³-hybridized carbons (Fsp3) is 0.130. The van der Waals surface area contributed by atoms with Crippen LogP contribution in [0.3, 0.4) is 0 Å². The molecule has 0 aliphatic heterocycles. The number of nitrogens with zero attached hydrogens (tertiary/aromatic N) is 1. The van der Waals surface area contributed by atoms with Crippen LogP contribution in [0, 0.1) is 0 Å². The average molecular weight is 391 g/mol. The van der Waals surface area contributed by atoms with Gasteiger partial charge in [0, 0.05) is 30.2 Å². The van der Waals surface area contributed by atoms with Gasteiger partial charge in [-0.1, -0.05) is 54.6 Å². The normalized spacial score (nSPS) is 11.5. The van der Waals surface area contributed by atoms with Gasteiger partial charge in [-0.05, 0) is 35.9 Å². The number of carbonyl (C=O) groups is 2. The zero-order chi connectivity index (χ0) is 19.9. The van der Waals surface area contributed by atoms with Crippen molar-refractivity contribution in [1.29, 1.82) is 0 Å². The number of benzene rings is 3. The minimum Gasteiger partial charge on any atom is -0.345 e. The van der Waals surface area contributed by atoms with Crippen LogP contribution < -0.4 is 5.32 Å². The molecule has 4 nitrogen and oxygen atoms in total. The van der Waals surface area contributed by atoms with Crippen LogP contribution in [0.2, 0.25) is 0 Å². The summed E-state index contributed by atoms with van der Waals surface area (Å²) < 4.78 is 0. The van der Waals surface area contributed by atoms with E-state index in [0.29, 0.717) is 11.3 Å². The van der Waals surface area contributed by atoms with Crippen molar-refractivity contribution in [3.05, 3.63) is 96.1 Å². The van der Waals surface area contributed by atoms with E-state index in [0.717, 1.165) is 10.5 Å². The highest BCUT2D eigenvalue weighted by molar-refractivity contribution is 8.00.